The SMILES string of the molecule is CCCNC(C)c1cccn1Cc1ccno1. The Bertz CT molecular complexity index is 433. The molecule has 0 aromatic carbocycles. The lowest BCUT2D eigenvalue weighted by atomic mass is 10.2. The maximum Gasteiger partial charge on any atom is 0.156 e. The number of aromatic nitrogens is 2. The van der Waals surface area contributed by atoms with Gasteiger partial charge in [-0.3, -0.25) is 0 Å². The van der Waals surface area contributed by atoms with Gasteiger partial charge in [0.2, 0.25) is 0 Å². The molecule has 0 aliphatic heterocycles. The third-order valence-electron chi connectivity index (χ3n) is 2.83. The van der Waals surface area contributed by atoms with Gasteiger partial charge in [0.05, 0.1) is 12.7 Å². The normalized spacial score (nSPS) is 12.8. The van der Waals surface area contributed by atoms with E-state index in [2.05, 4.69) is 47.2 Å². The van der Waals surface area contributed by atoms with E-state index in [1.807, 2.05) is 6.07 Å². The van der Waals surface area contributed by atoms with Gasteiger partial charge >= 0.3 is 0 Å². The summed E-state index contributed by atoms with van der Waals surface area (Å²) in [4.78, 5) is 0. The van der Waals surface area contributed by atoms with Crippen LogP contribution >= 0.6 is 0 Å². The molecule has 2 heterocycles. The summed E-state index contributed by atoms with van der Waals surface area (Å²) in [6, 6.07) is 6.46. The standard InChI is InChI=1S/C13H19N3O/c1-3-7-14-11(2)13-5-4-9-16(13)10-12-6-8-15-17-12/h4-6,8-9,11,14H,3,7,10H2,1-2H3. The third-order valence-corrected chi connectivity index (χ3v) is 2.83. The van der Waals surface area contributed by atoms with E-state index in [9.17, 15) is 0 Å². The highest BCUT2D eigenvalue weighted by Gasteiger charge is 2.10. The van der Waals surface area contributed by atoms with Gasteiger partial charge in [0.25, 0.3) is 0 Å². The second-order valence-electron chi connectivity index (χ2n) is 4.22. The second-order valence-corrected chi connectivity index (χ2v) is 4.22. The van der Waals surface area contributed by atoms with Crippen LogP contribution < -0.4 is 5.32 Å². The first kappa shape index (κ1) is 11.9. The lowest BCUT2D eigenvalue weighted by Crippen LogP contribution is -2.22. The van der Waals surface area contributed by atoms with Crippen LogP contribution in [-0.4, -0.2) is 16.3 Å². The molecule has 0 radical (unpaired) electrons. The molecular formula is C13H19N3O. The largest absolute Gasteiger partial charge is 0.359 e. The van der Waals surface area contributed by atoms with Gasteiger partial charge in [-0.1, -0.05) is 12.1 Å². The van der Waals surface area contributed by atoms with Crippen molar-refractivity contribution < 1.29 is 4.52 Å². The summed E-state index contributed by atoms with van der Waals surface area (Å²) in [6.07, 6.45) is 4.90. The van der Waals surface area contributed by atoms with Crippen molar-refractivity contribution in [3.8, 4) is 0 Å². The van der Waals surface area contributed by atoms with Crippen LogP contribution in [0.5, 0.6) is 0 Å². The fraction of sp³-hybridized carbons (Fsp3) is 0.462. The number of hydrogen-bond donors (Lipinski definition) is 1. The van der Waals surface area contributed by atoms with Gasteiger partial charge in [-0.2, -0.15) is 0 Å². The summed E-state index contributed by atoms with van der Waals surface area (Å²) in [5, 5.41) is 7.21. The molecule has 2 aromatic heterocycles. The molecule has 0 aliphatic carbocycles. The van der Waals surface area contributed by atoms with E-state index in [1.54, 1.807) is 6.20 Å². The van der Waals surface area contributed by atoms with Gasteiger partial charge in [0, 0.05) is 24.0 Å². The van der Waals surface area contributed by atoms with E-state index < -0.39 is 0 Å². The summed E-state index contributed by atoms with van der Waals surface area (Å²) >= 11 is 0. The molecule has 0 amide bonds. The van der Waals surface area contributed by atoms with Crippen LogP contribution in [0.25, 0.3) is 0 Å². The summed E-state index contributed by atoms with van der Waals surface area (Å²) in [7, 11) is 0. The average Bonchev–Trinajstić information content (AvgIpc) is 2.97. The predicted molar refractivity (Wildman–Crippen MR) is 66.7 cm³/mol. The Balaban J connectivity index is 2.06. The smallest absolute Gasteiger partial charge is 0.156 e. The monoisotopic (exact) mass is 233 g/mol. The van der Waals surface area contributed by atoms with E-state index in [4.69, 9.17) is 4.52 Å². The number of nitrogens with zero attached hydrogens (tertiary/aromatic N) is 2. The van der Waals surface area contributed by atoms with Crippen molar-refractivity contribution in [2.45, 2.75) is 32.9 Å². The highest BCUT2D eigenvalue weighted by Crippen LogP contribution is 2.15. The molecule has 92 valence electrons. The average molecular weight is 233 g/mol. The minimum Gasteiger partial charge on any atom is -0.359 e. The van der Waals surface area contributed by atoms with E-state index in [0.29, 0.717) is 6.04 Å². The molecule has 0 spiro atoms. The molecule has 1 unspecified atom stereocenters. The van der Waals surface area contributed by atoms with Gasteiger partial charge in [-0.05, 0) is 32.0 Å². The quantitative estimate of drug-likeness (QED) is 0.834. The van der Waals surface area contributed by atoms with Crippen LogP contribution in [0, 0.1) is 0 Å². The van der Waals surface area contributed by atoms with E-state index >= 15 is 0 Å². The molecule has 2 rings (SSSR count). The highest BCUT2D eigenvalue weighted by atomic mass is 16.5. The van der Waals surface area contributed by atoms with Gasteiger partial charge in [0.15, 0.2) is 5.76 Å². The molecule has 0 aliphatic rings. The molecule has 0 saturated carbocycles. The number of hydrogen-bond acceptors (Lipinski definition) is 3. The summed E-state index contributed by atoms with van der Waals surface area (Å²) in [5.41, 5.74) is 1.27. The Morgan fingerprint density at radius 2 is 2.35 bits per heavy atom. The predicted octanol–water partition coefficient (Wildman–Crippen LogP) is 2.59. The topological polar surface area (TPSA) is 43.0 Å². The molecule has 1 N–H and O–H groups in total. The first-order valence-corrected chi connectivity index (χ1v) is 6.09. The van der Waals surface area contributed by atoms with Gasteiger partial charge in [-0.25, -0.2) is 0 Å². The van der Waals surface area contributed by atoms with Crippen LogP contribution in [0.4, 0.5) is 0 Å². The van der Waals surface area contributed by atoms with Crippen LogP contribution in [0.2, 0.25) is 0 Å². The van der Waals surface area contributed by atoms with Crippen molar-refractivity contribution in [2.24, 2.45) is 0 Å². The van der Waals surface area contributed by atoms with Gasteiger partial charge in [0.1, 0.15) is 0 Å². The Morgan fingerprint density at radius 1 is 1.47 bits per heavy atom. The number of rotatable bonds is 6. The van der Waals surface area contributed by atoms with E-state index in [0.717, 1.165) is 25.3 Å². The fourth-order valence-electron chi connectivity index (χ4n) is 1.92. The van der Waals surface area contributed by atoms with Crippen LogP contribution in [-0.2, 0) is 6.54 Å². The third kappa shape index (κ3) is 2.97. The van der Waals surface area contributed by atoms with Crippen LogP contribution in [0.1, 0.15) is 37.8 Å². The lowest BCUT2D eigenvalue weighted by Gasteiger charge is -2.16. The summed E-state index contributed by atoms with van der Waals surface area (Å²) in [5.74, 6) is 0.880. The molecule has 2 aromatic rings. The molecular weight excluding hydrogens is 214 g/mol. The molecule has 4 nitrogen and oxygen atoms in total. The fourth-order valence-corrected chi connectivity index (χ4v) is 1.92. The zero-order valence-electron chi connectivity index (χ0n) is 10.4. The summed E-state index contributed by atoms with van der Waals surface area (Å²) in [6.45, 7) is 6.13. The maximum absolute atomic E-state index is 5.13. The van der Waals surface area contributed by atoms with Crippen molar-refractivity contribution in [1.29, 1.82) is 0 Å². The molecule has 0 fully saturated rings. The Morgan fingerprint density at radius 3 is 3.06 bits per heavy atom. The lowest BCUT2D eigenvalue weighted by molar-refractivity contribution is 0.373. The van der Waals surface area contributed by atoms with Gasteiger partial charge in [-0.15, -0.1) is 0 Å². The molecule has 4 heteroatoms. The molecule has 17 heavy (non-hydrogen) atoms. The molecule has 0 saturated heterocycles. The van der Waals surface area contributed by atoms with Crippen molar-refractivity contribution in [1.82, 2.24) is 15.0 Å². The van der Waals surface area contributed by atoms with E-state index in [-0.39, 0.29) is 0 Å². The number of nitrogens with one attached hydrogen (secondary N) is 1. The highest BCUT2D eigenvalue weighted by molar-refractivity contribution is 5.13. The van der Waals surface area contributed by atoms with Crippen molar-refractivity contribution in [3.05, 3.63) is 42.0 Å². The van der Waals surface area contributed by atoms with E-state index in [1.165, 1.54) is 5.69 Å². The maximum atomic E-state index is 5.13. The minimum absolute atomic E-state index is 0.355. The second kappa shape index (κ2) is 5.68. The van der Waals surface area contributed by atoms with Gasteiger partial charge < -0.3 is 14.4 Å². The zero-order chi connectivity index (χ0) is 12.1. The van der Waals surface area contributed by atoms with Crippen LogP contribution in [0.3, 0.4) is 0 Å². The van der Waals surface area contributed by atoms with Crippen LogP contribution in [0.15, 0.2) is 35.1 Å². The first-order valence-electron chi connectivity index (χ1n) is 6.09. The minimum atomic E-state index is 0.355. The molecule has 1 atom stereocenters. The Labute approximate surface area is 102 Å². The first-order chi connectivity index (χ1) is 8.31. The van der Waals surface area contributed by atoms with Crippen molar-refractivity contribution in [3.63, 3.8) is 0 Å². The van der Waals surface area contributed by atoms with Crippen molar-refractivity contribution >= 4 is 0 Å². The Kier molecular flexibility index (Phi) is 3.98. The Hall–Kier alpha value is -1.55. The summed E-state index contributed by atoms with van der Waals surface area (Å²) < 4.78 is 7.32. The molecule has 0 bridgehead atoms. The zero-order valence-corrected chi connectivity index (χ0v) is 10.4. The van der Waals surface area contributed by atoms with Crippen molar-refractivity contribution in [2.75, 3.05) is 6.54 Å².